The number of unbranched alkanes of at least 4 members (excludes halogenated alkanes) is 2. The van der Waals surface area contributed by atoms with E-state index in [-0.39, 0.29) is 17.1 Å². The Balaban J connectivity index is -0.0000000658. The number of rotatable bonds is 2. The minimum absolute atomic E-state index is 0. The molecule has 0 amide bonds. The molecule has 0 aliphatic heterocycles. The molecule has 0 spiro atoms. The van der Waals surface area contributed by atoms with Crippen LogP contribution in [0.15, 0.2) is 24.3 Å². The van der Waals surface area contributed by atoms with Gasteiger partial charge in [-0.05, 0) is 12.8 Å². The van der Waals surface area contributed by atoms with Crippen LogP contribution >= 0.6 is 0 Å². The van der Waals surface area contributed by atoms with E-state index in [9.17, 15) is 0 Å². The van der Waals surface area contributed by atoms with Gasteiger partial charge in [0.2, 0.25) is 0 Å². The molecule has 1 aliphatic carbocycles. The Hall–Kier alpha value is -0.961. The van der Waals surface area contributed by atoms with E-state index in [1.54, 1.807) is 0 Å². The summed E-state index contributed by atoms with van der Waals surface area (Å²) >= 11 is 0. The summed E-state index contributed by atoms with van der Waals surface area (Å²) in [6.45, 7) is 11.1. The summed E-state index contributed by atoms with van der Waals surface area (Å²) in [5, 5.41) is 0. The molecule has 0 heterocycles. The molecule has 0 unspecified atom stereocenters. The smallest absolute Gasteiger partial charge is 0.00506 e. The third kappa shape index (κ3) is 38.1. The van der Waals surface area contributed by atoms with Gasteiger partial charge in [0, 0.05) is 23.5 Å². The topological polar surface area (TPSA) is 39.8 Å². The van der Waals surface area contributed by atoms with Crippen LogP contribution in [0.4, 0.5) is 0 Å². The average Bonchev–Trinajstić information content (AvgIpc) is 2.90. The Kier molecular flexibility index (Phi) is 56.1. The van der Waals surface area contributed by atoms with Crippen molar-refractivity contribution in [2.75, 3.05) is 0 Å². The van der Waals surface area contributed by atoms with Gasteiger partial charge in [-0.15, -0.1) is 0 Å². The van der Waals surface area contributed by atoms with Crippen molar-refractivity contribution in [1.29, 1.82) is 0 Å². The van der Waals surface area contributed by atoms with E-state index in [4.69, 9.17) is 15.7 Å². The molecular formula is C13H14FeO2-. The van der Waals surface area contributed by atoms with Crippen molar-refractivity contribution in [2.24, 2.45) is 0 Å². The molecular weight excluding hydrogens is 244 g/mol. The van der Waals surface area contributed by atoms with Crippen LogP contribution in [0.5, 0.6) is 0 Å². The summed E-state index contributed by atoms with van der Waals surface area (Å²) in [5.41, 5.74) is 0. The third-order valence-corrected chi connectivity index (χ3v) is 1.21. The van der Waals surface area contributed by atoms with E-state index in [1.807, 2.05) is 30.7 Å². The fraction of sp³-hybridized carbons (Fsp3) is 0.308. The van der Waals surface area contributed by atoms with Crippen LogP contribution in [0, 0.1) is 32.1 Å². The predicted octanol–water partition coefficient (Wildman–Crippen LogP) is 3.01. The molecule has 16 heavy (non-hydrogen) atoms. The van der Waals surface area contributed by atoms with Crippen molar-refractivity contribution >= 4 is 0 Å². The van der Waals surface area contributed by atoms with Gasteiger partial charge in [-0.3, -0.25) is 0 Å². The molecule has 87 valence electrons. The zero-order chi connectivity index (χ0) is 12.4. The van der Waals surface area contributed by atoms with Crippen molar-refractivity contribution in [2.45, 2.75) is 26.2 Å². The van der Waals surface area contributed by atoms with Gasteiger partial charge in [0.1, 0.15) is 0 Å². The number of hydrogen-bond acceptors (Lipinski definition) is 0. The molecule has 0 N–H and O–H groups in total. The summed E-state index contributed by atoms with van der Waals surface area (Å²) in [6.07, 6.45) is 19.6. The van der Waals surface area contributed by atoms with E-state index >= 15 is 0 Å². The molecule has 0 saturated heterocycles. The molecule has 3 heteroatoms. The van der Waals surface area contributed by atoms with Crippen LogP contribution in [0.2, 0.25) is 0 Å². The second-order valence-electron chi connectivity index (χ2n) is 2.24. The standard InChI is InChI=1S/C6H9.C5H5.2CO.Fe/c1-3-5-6-4-2;1-2-4-5-3-1;2*1-2;/h3,5-6H2,1H3;1-5H;;;/q-1;;;;. The monoisotopic (exact) mass is 258 g/mol. The Bertz CT molecular complexity index is 215. The molecule has 0 bridgehead atoms. The first-order chi connectivity index (χ1) is 7.41. The maximum absolute atomic E-state index is 7.50. The quantitative estimate of drug-likeness (QED) is 0.240. The molecule has 1 aliphatic rings. The predicted molar refractivity (Wildman–Crippen MR) is 57.1 cm³/mol. The first kappa shape index (κ1) is 24.3. The van der Waals surface area contributed by atoms with Crippen molar-refractivity contribution in [3.8, 4) is 5.92 Å². The van der Waals surface area contributed by atoms with Crippen molar-refractivity contribution in [3.05, 3.63) is 50.4 Å². The maximum atomic E-state index is 7.50. The third-order valence-electron chi connectivity index (χ3n) is 1.21. The summed E-state index contributed by atoms with van der Waals surface area (Å²) < 4.78 is 15.0. The molecule has 1 radical (unpaired) electrons. The molecule has 2 nitrogen and oxygen atoms in total. The van der Waals surface area contributed by atoms with E-state index in [0.717, 1.165) is 12.8 Å². The Morgan fingerprint density at radius 3 is 1.56 bits per heavy atom. The Morgan fingerprint density at radius 1 is 1.00 bits per heavy atom. The van der Waals surface area contributed by atoms with Crippen LogP contribution in [0.1, 0.15) is 26.2 Å². The maximum Gasteiger partial charge on any atom is 0.00506 e. The fourth-order valence-corrected chi connectivity index (χ4v) is 0.586. The van der Waals surface area contributed by atoms with Crippen LogP contribution in [0.3, 0.4) is 0 Å². The van der Waals surface area contributed by atoms with Crippen molar-refractivity contribution in [1.82, 2.24) is 0 Å². The fourth-order valence-electron chi connectivity index (χ4n) is 0.586. The van der Waals surface area contributed by atoms with Gasteiger partial charge in [0.25, 0.3) is 0 Å². The Labute approximate surface area is 109 Å². The zero-order valence-corrected chi connectivity index (χ0v) is 10.3. The second-order valence-corrected chi connectivity index (χ2v) is 2.24. The van der Waals surface area contributed by atoms with E-state index in [0.29, 0.717) is 0 Å². The molecule has 0 aromatic rings. The first-order valence-electron chi connectivity index (χ1n) is 4.39. The van der Waals surface area contributed by atoms with Gasteiger partial charge in [0.15, 0.2) is 0 Å². The van der Waals surface area contributed by atoms with E-state index in [1.165, 1.54) is 6.42 Å². The van der Waals surface area contributed by atoms with Crippen LogP contribution in [-0.4, -0.2) is 0 Å². The van der Waals surface area contributed by atoms with Crippen LogP contribution in [0.25, 0.3) is 0 Å². The number of hydrogen-bond donors (Lipinski definition) is 0. The molecule has 0 aromatic carbocycles. The molecule has 0 saturated carbocycles. The average molecular weight is 258 g/mol. The Morgan fingerprint density at radius 2 is 1.44 bits per heavy atom. The van der Waals surface area contributed by atoms with Gasteiger partial charge in [-0.25, -0.2) is 0 Å². The summed E-state index contributed by atoms with van der Waals surface area (Å²) in [6, 6.07) is 0. The summed E-state index contributed by atoms with van der Waals surface area (Å²) in [5.74, 6) is 2.32. The first-order valence-corrected chi connectivity index (χ1v) is 4.39. The second kappa shape index (κ2) is 36.9. The number of allylic oxidation sites excluding steroid dienone is 4. The SMILES string of the molecule is [C-]#CCCCC.[C-]#[O+].[C-]#[O+].[CH]1C=CC=C1.[Fe]. The van der Waals surface area contributed by atoms with Crippen molar-refractivity contribution in [3.63, 3.8) is 0 Å². The summed E-state index contributed by atoms with van der Waals surface area (Å²) in [7, 11) is 0. The minimum Gasteiger partial charge on any atom is -0.0767 e. The summed E-state index contributed by atoms with van der Waals surface area (Å²) in [4.78, 5) is 0. The van der Waals surface area contributed by atoms with Crippen LogP contribution in [-0.2, 0) is 26.4 Å². The van der Waals surface area contributed by atoms with E-state index in [2.05, 4.69) is 26.1 Å². The molecule has 1 rings (SSSR count). The van der Waals surface area contributed by atoms with Crippen molar-refractivity contribution < 1.29 is 26.4 Å². The van der Waals surface area contributed by atoms with Gasteiger partial charge < -0.3 is 12.3 Å². The van der Waals surface area contributed by atoms with Gasteiger partial charge >= 0.3 is 22.6 Å². The molecule has 0 aromatic heterocycles. The zero-order valence-electron chi connectivity index (χ0n) is 9.18. The normalized spacial score (nSPS) is 8.50. The van der Waals surface area contributed by atoms with Gasteiger partial charge in [-0.2, -0.15) is 0 Å². The van der Waals surface area contributed by atoms with Crippen LogP contribution < -0.4 is 0 Å². The molecule has 0 atom stereocenters. The largest absolute Gasteiger partial charge is 0.0767 e. The molecule has 0 fully saturated rings. The van der Waals surface area contributed by atoms with E-state index < -0.39 is 0 Å². The van der Waals surface area contributed by atoms with Gasteiger partial charge in [0.05, 0.1) is 0 Å². The minimum atomic E-state index is 0. The van der Waals surface area contributed by atoms with Gasteiger partial charge in [-0.1, -0.05) is 37.6 Å².